The SMILES string of the molecule is CCOc1ccc(S(=O)(=O)N[C@@H]2COC[C@H]2Cc2ccncc2)cc1C. The molecule has 7 heteroatoms. The maximum atomic E-state index is 12.8. The highest BCUT2D eigenvalue weighted by atomic mass is 32.2. The zero-order chi connectivity index (χ0) is 18.6. The van der Waals surface area contributed by atoms with Gasteiger partial charge in [-0.1, -0.05) is 0 Å². The van der Waals surface area contributed by atoms with Crippen LogP contribution in [0.15, 0.2) is 47.6 Å². The average Bonchev–Trinajstić information content (AvgIpc) is 3.04. The number of nitrogens with zero attached hydrogens (tertiary/aromatic N) is 1. The lowest BCUT2D eigenvalue weighted by molar-refractivity contribution is 0.183. The van der Waals surface area contributed by atoms with Gasteiger partial charge in [0.25, 0.3) is 0 Å². The molecule has 1 aliphatic heterocycles. The van der Waals surface area contributed by atoms with Gasteiger partial charge in [0.2, 0.25) is 10.0 Å². The molecule has 0 spiro atoms. The van der Waals surface area contributed by atoms with E-state index in [2.05, 4.69) is 9.71 Å². The van der Waals surface area contributed by atoms with Gasteiger partial charge in [0.1, 0.15) is 5.75 Å². The van der Waals surface area contributed by atoms with E-state index in [-0.39, 0.29) is 16.9 Å². The zero-order valence-corrected chi connectivity index (χ0v) is 15.8. The zero-order valence-electron chi connectivity index (χ0n) is 15.0. The van der Waals surface area contributed by atoms with E-state index < -0.39 is 10.0 Å². The molecule has 3 rings (SSSR count). The van der Waals surface area contributed by atoms with Crippen molar-refractivity contribution >= 4 is 10.0 Å². The highest BCUT2D eigenvalue weighted by molar-refractivity contribution is 7.89. The summed E-state index contributed by atoms with van der Waals surface area (Å²) in [6.07, 6.45) is 4.23. The van der Waals surface area contributed by atoms with Gasteiger partial charge in [0.15, 0.2) is 0 Å². The third-order valence-electron chi connectivity index (χ3n) is 4.51. The van der Waals surface area contributed by atoms with Crippen LogP contribution in [0.25, 0.3) is 0 Å². The van der Waals surface area contributed by atoms with E-state index in [1.807, 2.05) is 26.0 Å². The lowest BCUT2D eigenvalue weighted by Crippen LogP contribution is -2.40. The van der Waals surface area contributed by atoms with E-state index in [4.69, 9.17) is 9.47 Å². The van der Waals surface area contributed by atoms with E-state index >= 15 is 0 Å². The molecule has 0 radical (unpaired) electrons. The van der Waals surface area contributed by atoms with E-state index in [9.17, 15) is 8.42 Å². The van der Waals surface area contributed by atoms with Crippen LogP contribution in [0.3, 0.4) is 0 Å². The molecule has 1 fully saturated rings. The van der Waals surface area contributed by atoms with Crippen LogP contribution in [0.2, 0.25) is 0 Å². The summed E-state index contributed by atoms with van der Waals surface area (Å²) < 4.78 is 39.4. The number of rotatable bonds is 7. The number of aryl methyl sites for hydroxylation is 1. The van der Waals surface area contributed by atoms with Crippen LogP contribution in [0.5, 0.6) is 5.75 Å². The minimum absolute atomic E-state index is 0.0935. The number of benzene rings is 1. The summed E-state index contributed by atoms with van der Waals surface area (Å²) in [7, 11) is -3.62. The second-order valence-electron chi connectivity index (χ2n) is 6.45. The summed E-state index contributed by atoms with van der Waals surface area (Å²) in [4.78, 5) is 4.26. The normalized spacial score (nSPS) is 20.2. The van der Waals surface area contributed by atoms with Crippen molar-refractivity contribution in [3.63, 3.8) is 0 Å². The predicted molar refractivity (Wildman–Crippen MR) is 98.7 cm³/mol. The Morgan fingerprint density at radius 1 is 1.23 bits per heavy atom. The van der Waals surface area contributed by atoms with Gasteiger partial charge in [-0.05, 0) is 61.7 Å². The number of hydrogen-bond donors (Lipinski definition) is 1. The molecule has 1 N–H and O–H groups in total. The summed E-state index contributed by atoms with van der Waals surface area (Å²) in [5, 5.41) is 0. The highest BCUT2D eigenvalue weighted by Crippen LogP contribution is 2.24. The van der Waals surface area contributed by atoms with Crippen molar-refractivity contribution in [2.24, 2.45) is 5.92 Å². The molecule has 0 aliphatic carbocycles. The molecule has 1 aromatic heterocycles. The topological polar surface area (TPSA) is 77.5 Å². The number of nitrogens with one attached hydrogen (secondary N) is 1. The van der Waals surface area contributed by atoms with Gasteiger partial charge in [0, 0.05) is 18.3 Å². The quantitative estimate of drug-likeness (QED) is 0.802. The van der Waals surface area contributed by atoms with Crippen molar-refractivity contribution in [2.75, 3.05) is 19.8 Å². The van der Waals surface area contributed by atoms with Crippen LogP contribution in [0.1, 0.15) is 18.1 Å². The molecule has 2 heterocycles. The van der Waals surface area contributed by atoms with Gasteiger partial charge in [-0.25, -0.2) is 13.1 Å². The fourth-order valence-electron chi connectivity index (χ4n) is 3.13. The fraction of sp³-hybridized carbons (Fsp3) is 0.421. The Kier molecular flexibility index (Phi) is 5.90. The molecule has 140 valence electrons. The van der Waals surface area contributed by atoms with Gasteiger partial charge < -0.3 is 9.47 Å². The number of ether oxygens (including phenoxy) is 2. The van der Waals surface area contributed by atoms with Crippen LogP contribution in [0, 0.1) is 12.8 Å². The monoisotopic (exact) mass is 376 g/mol. The average molecular weight is 376 g/mol. The Balaban J connectivity index is 1.73. The second-order valence-corrected chi connectivity index (χ2v) is 8.16. The van der Waals surface area contributed by atoms with E-state index in [0.717, 1.165) is 17.5 Å². The summed E-state index contributed by atoms with van der Waals surface area (Å²) in [5.74, 6) is 0.794. The summed E-state index contributed by atoms with van der Waals surface area (Å²) >= 11 is 0. The lowest BCUT2D eigenvalue weighted by Gasteiger charge is -2.19. The summed E-state index contributed by atoms with van der Waals surface area (Å²) in [6.45, 7) is 5.20. The first-order chi connectivity index (χ1) is 12.5. The molecule has 0 bridgehead atoms. The first-order valence-electron chi connectivity index (χ1n) is 8.72. The number of pyridine rings is 1. The standard InChI is InChI=1S/C19H24N2O4S/c1-3-25-19-5-4-17(10-14(19)2)26(22,23)21-18-13-24-12-16(18)11-15-6-8-20-9-7-15/h4-10,16,18,21H,3,11-13H2,1-2H3/t16-,18-/m1/s1. The smallest absolute Gasteiger partial charge is 0.240 e. The third kappa shape index (κ3) is 4.41. The summed E-state index contributed by atoms with van der Waals surface area (Å²) in [5.41, 5.74) is 1.92. The van der Waals surface area contributed by atoms with Crippen LogP contribution in [-0.2, 0) is 21.2 Å². The van der Waals surface area contributed by atoms with Crippen LogP contribution in [0.4, 0.5) is 0 Å². The van der Waals surface area contributed by atoms with Crippen LogP contribution < -0.4 is 9.46 Å². The van der Waals surface area contributed by atoms with E-state index in [1.165, 1.54) is 0 Å². The van der Waals surface area contributed by atoms with Gasteiger partial charge >= 0.3 is 0 Å². The van der Waals surface area contributed by atoms with Crippen molar-refractivity contribution < 1.29 is 17.9 Å². The maximum absolute atomic E-state index is 12.8. The maximum Gasteiger partial charge on any atom is 0.240 e. The molecule has 26 heavy (non-hydrogen) atoms. The van der Waals surface area contributed by atoms with Crippen molar-refractivity contribution in [3.8, 4) is 5.75 Å². The fourth-order valence-corrected chi connectivity index (χ4v) is 4.50. The first kappa shape index (κ1) is 18.8. The molecule has 0 amide bonds. The Bertz CT molecular complexity index is 840. The van der Waals surface area contributed by atoms with E-state index in [1.54, 1.807) is 30.6 Å². The minimum Gasteiger partial charge on any atom is -0.494 e. The van der Waals surface area contributed by atoms with Crippen LogP contribution >= 0.6 is 0 Å². The molecule has 2 aromatic rings. The molecule has 6 nitrogen and oxygen atoms in total. The molecule has 2 atom stereocenters. The second kappa shape index (κ2) is 8.16. The van der Waals surface area contributed by atoms with E-state index in [0.29, 0.717) is 25.6 Å². The highest BCUT2D eigenvalue weighted by Gasteiger charge is 2.32. The lowest BCUT2D eigenvalue weighted by atomic mass is 9.96. The Morgan fingerprint density at radius 3 is 2.69 bits per heavy atom. The molecule has 1 saturated heterocycles. The Morgan fingerprint density at radius 2 is 2.00 bits per heavy atom. The number of sulfonamides is 1. The number of aromatic nitrogens is 1. The largest absolute Gasteiger partial charge is 0.494 e. The van der Waals surface area contributed by atoms with Crippen molar-refractivity contribution in [2.45, 2.75) is 31.2 Å². The molecular formula is C19H24N2O4S. The van der Waals surface area contributed by atoms with Crippen molar-refractivity contribution in [1.29, 1.82) is 0 Å². The van der Waals surface area contributed by atoms with Crippen molar-refractivity contribution in [3.05, 3.63) is 53.9 Å². The molecule has 0 saturated carbocycles. The third-order valence-corrected chi connectivity index (χ3v) is 6.00. The predicted octanol–water partition coefficient (Wildman–Crippen LogP) is 2.32. The van der Waals surface area contributed by atoms with Gasteiger partial charge in [0.05, 0.1) is 30.8 Å². The molecule has 1 aliphatic rings. The van der Waals surface area contributed by atoms with Gasteiger partial charge in [-0.2, -0.15) is 0 Å². The summed E-state index contributed by atoms with van der Waals surface area (Å²) in [6, 6.07) is 8.56. The molecule has 1 aromatic carbocycles. The Hall–Kier alpha value is -1.96. The number of hydrogen-bond acceptors (Lipinski definition) is 5. The Labute approximate surface area is 154 Å². The first-order valence-corrected chi connectivity index (χ1v) is 10.2. The molecule has 0 unspecified atom stereocenters. The van der Waals surface area contributed by atoms with Crippen molar-refractivity contribution in [1.82, 2.24) is 9.71 Å². The van der Waals surface area contributed by atoms with Crippen LogP contribution in [-0.4, -0.2) is 39.3 Å². The molecular weight excluding hydrogens is 352 g/mol. The van der Waals surface area contributed by atoms with Gasteiger partial charge in [-0.3, -0.25) is 4.98 Å². The minimum atomic E-state index is -3.62. The van der Waals surface area contributed by atoms with Gasteiger partial charge in [-0.15, -0.1) is 0 Å².